The van der Waals surface area contributed by atoms with Crippen molar-refractivity contribution in [2.75, 3.05) is 13.2 Å². The molecular weight excluding hydrogens is 386 g/mol. The third kappa shape index (κ3) is 4.21. The van der Waals surface area contributed by atoms with Gasteiger partial charge in [-0.2, -0.15) is 13.2 Å². The maximum Gasteiger partial charge on any atom is 0.419 e. The Morgan fingerprint density at radius 2 is 1.69 bits per heavy atom. The molecule has 0 aliphatic carbocycles. The molecule has 0 amide bonds. The van der Waals surface area contributed by atoms with E-state index in [0.717, 1.165) is 12.6 Å². The molecule has 0 spiro atoms. The molecule has 2 saturated heterocycles. The highest BCUT2D eigenvalue weighted by Gasteiger charge is 2.42. The molecule has 2 heterocycles. The minimum Gasteiger partial charge on any atom is -0.378 e. The Kier molecular flexibility index (Phi) is 5.44. The summed E-state index contributed by atoms with van der Waals surface area (Å²) in [6.07, 6.45) is -3.68. The number of rotatable bonds is 4. The fraction of sp³-hybridized carbons (Fsp3) is 0.409. The quantitative estimate of drug-likeness (QED) is 0.543. The van der Waals surface area contributed by atoms with Crippen LogP contribution in [0.15, 0.2) is 48.5 Å². The van der Waals surface area contributed by atoms with Crippen LogP contribution in [-0.2, 0) is 17.5 Å². The number of fused-ring (bicyclic) bond motifs is 2. The van der Waals surface area contributed by atoms with Crippen LogP contribution < -0.4 is 0 Å². The Bertz CT molecular complexity index is 870. The summed E-state index contributed by atoms with van der Waals surface area (Å²) in [5.74, 6) is -2.06. The van der Waals surface area contributed by atoms with E-state index in [1.807, 2.05) is 18.2 Å². The van der Waals surface area contributed by atoms with Gasteiger partial charge >= 0.3 is 6.18 Å². The van der Waals surface area contributed by atoms with Gasteiger partial charge in [0.15, 0.2) is 5.78 Å². The van der Waals surface area contributed by atoms with Gasteiger partial charge in [0.05, 0.1) is 18.8 Å². The summed E-state index contributed by atoms with van der Waals surface area (Å²) in [4.78, 5) is 15.2. The highest BCUT2D eigenvalue weighted by atomic mass is 19.4. The van der Waals surface area contributed by atoms with Crippen molar-refractivity contribution in [2.24, 2.45) is 5.92 Å². The number of ketones is 1. The van der Waals surface area contributed by atoms with Crippen LogP contribution in [0.4, 0.5) is 17.6 Å². The molecule has 0 radical (unpaired) electrons. The molecule has 2 atom stereocenters. The number of Topliss-reactive ketones (excluding diaryl/α,β-unsaturated/α-hetero) is 1. The Hall–Kier alpha value is -2.25. The average molecular weight is 407 g/mol. The molecule has 154 valence electrons. The van der Waals surface area contributed by atoms with E-state index in [1.165, 1.54) is 5.56 Å². The molecule has 0 N–H and O–H groups in total. The van der Waals surface area contributed by atoms with E-state index in [-0.39, 0.29) is 29.3 Å². The van der Waals surface area contributed by atoms with Gasteiger partial charge in [0.1, 0.15) is 5.82 Å². The molecule has 2 aromatic carbocycles. The molecule has 2 bridgehead atoms. The van der Waals surface area contributed by atoms with Crippen LogP contribution >= 0.6 is 0 Å². The zero-order valence-corrected chi connectivity index (χ0v) is 15.7. The van der Waals surface area contributed by atoms with Crippen molar-refractivity contribution in [1.82, 2.24) is 4.90 Å². The third-order valence-electron chi connectivity index (χ3n) is 5.81. The van der Waals surface area contributed by atoms with Crippen LogP contribution in [0.25, 0.3) is 0 Å². The predicted octanol–water partition coefficient (Wildman–Crippen LogP) is 4.71. The Labute approximate surface area is 166 Å². The van der Waals surface area contributed by atoms with Gasteiger partial charge in [-0.1, -0.05) is 36.4 Å². The lowest BCUT2D eigenvalue weighted by molar-refractivity contribution is -0.140. The first-order valence-corrected chi connectivity index (χ1v) is 9.61. The molecule has 2 unspecified atom stereocenters. The number of morpholine rings is 1. The summed E-state index contributed by atoms with van der Waals surface area (Å²) < 4.78 is 57.9. The van der Waals surface area contributed by atoms with Crippen LogP contribution in [0.5, 0.6) is 0 Å². The lowest BCUT2D eigenvalue weighted by atomic mass is 9.80. The largest absolute Gasteiger partial charge is 0.419 e. The molecule has 2 aliphatic rings. The van der Waals surface area contributed by atoms with Gasteiger partial charge in [-0.25, -0.2) is 4.39 Å². The van der Waals surface area contributed by atoms with Gasteiger partial charge in [-0.05, 0) is 30.5 Å². The van der Waals surface area contributed by atoms with Crippen LogP contribution in [0, 0.1) is 11.7 Å². The zero-order chi connectivity index (χ0) is 20.6. The molecule has 2 aliphatic heterocycles. The average Bonchev–Trinajstić information content (AvgIpc) is 2.67. The molecule has 0 saturated carbocycles. The highest BCUT2D eigenvalue weighted by molar-refractivity contribution is 5.98. The Morgan fingerprint density at radius 1 is 1.03 bits per heavy atom. The number of carbonyl (C=O) groups is 1. The van der Waals surface area contributed by atoms with Crippen molar-refractivity contribution in [3.63, 3.8) is 0 Å². The van der Waals surface area contributed by atoms with Crippen molar-refractivity contribution in [1.29, 1.82) is 0 Å². The summed E-state index contributed by atoms with van der Waals surface area (Å²) in [5.41, 5.74) is -0.174. The van der Waals surface area contributed by atoms with Gasteiger partial charge in [-0.15, -0.1) is 0 Å². The highest BCUT2D eigenvalue weighted by Crippen LogP contribution is 2.36. The molecule has 0 aromatic heterocycles. The number of hydrogen-bond acceptors (Lipinski definition) is 3. The van der Waals surface area contributed by atoms with Gasteiger partial charge < -0.3 is 4.74 Å². The molecule has 29 heavy (non-hydrogen) atoms. The molecule has 4 rings (SSSR count). The molecule has 2 aromatic rings. The van der Waals surface area contributed by atoms with E-state index in [0.29, 0.717) is 38.2 Å². The normalized spacial score (nSPS) is 25.0. The second-order valence-corrected chi connectivity index (χ2v) is 7.73. The smallest absolute Gasteiger partial charge is 0.378 e. The predicted molar refractivity (Wildman–Crippen MR) is 98.8 cm³/mol. The molecule has 2 fully saturated rings. The standard InChI is InChI=1S/C22H21F4NO2/c23-20-10-15(6-7-19(20)22(24,25)26)21(28)16-8-17-12-29-13-18(9-16)27(17)11-14-4-2-1-3-5-14/h1-7,10,16-18H,8-9,11-13H2. The maximum absolute atomic E-state index is 13.9. The minimum absolute atomic E-state index is 0.00370. The molecular formula is C22H21F4NO2. The number of halogens is 4. The Balaban J connectivity index is 1.50. The summed E-state index contributed by atoms with van der Waals surface area (Å²) in [6.45, 7) is 1.78. The fourth-order valence-corrected chi connectivity index (χ4v) is 4.39. The van der Waals surface area contributed by atoms with Crippen LogP contribution in [-0.4, -0.2) is 36.0 Å². The first-order chi connectivity index (χ1) is 13.8. The van der Waals surface area contributed by atoms with Gasteiger partial charge in [0.2, 0.25) is 0 Å². The van der Waals surface area contributed by atoms with E-state index in [4.69, 9.17) is 4.74 Å². The van der Waals surface area contributed by atoms with Crippen molar-refractivity contribution in [3.8, 4) is 0 Å². The number of benzene rings is 2. The summed E-state index contributed by atoms with van der Waals surface area (Å²) in [5, 5.41) is 0. The van der Waals surface area contributed by atoms with Crippen molar-refractivity contribution < 1.29 is 27.1 Å². The number of piperidine rings is 1. The van der Waals surface area contributed by atoms with Crippen molar-refractivity contribution >= 4 is 5.78 Å². The maximum atomic E-state index is 13.9. The SMILES string of the molecule is O=C(c1ccc(C(F)(F)F)c(F)c1)C1CC2COCC(C1)N2Cc1ccccc1. The van der Waals surface area contributed by atoms with E-state index < -0.39 is 17.6 Å². The van der Waals surface area contributed by atoms with Crippen LogP contribution in [0.2, 0.25) is 0 Å². The summed E-state index contributed by atoms with van der Waals surface area (Å²) in [7, 11) is 0. The zero-order valence-electron chi connectivity index (χ0n) is 15.7. The first kappa shape index (κ1) is 20.0. The minimum atomic E-state index is -4.77. The third-order valence-corrected chi connectivity index (χ3v) is 5.81. The van der Waals surface area contributed by atoms with Gasteiger partial charge in [0.25, 0.3) is 0 Å². The van der Waals surface area contributed by atoms with E-state index >= 15 is 0 Å². The second kappa shape index (κ2) is 7.88. The number of ether oxygens (including phenoxy) is 1. The van der Waals surface area contributed by atoms with Crippen LogP contribution in [0.1, 0.15) is 34.3 Å². The first-order valence-electron chi connectivity index (χ1n) is 9.61. The van der Waals surface area contributed by atoms with E-state index in [1.54, 1.807) is 0 Å². The topological polar surface area (TPSA) is 29.5 Å². The summed E-state index contributed by atoms with van der Waals surface area (Å²) in [6, 6.07) is 12.6. The fourth-order valence-electron chi connectivity index (χ4n) is 4.39. The van der Waals surface area contributed by atoms with E-state index in [9.17, 15) is 22.4 Å². The lowest BCUT2D eigenvalue weighted by Gasteiger charge is -2.48. The number of hydrogen-bond donors (Lipinski definition) is 0. The van der Waals surface area contributed by atoms with Crippen LogP contribution in [0.3, 0.4) is 0 Å². The number of alkyl halides is 3. The lowest BCUT2D eigenvalue weighted by Crippen LogP contribution is -2.57. The number of carbonyl (C=O) groups excluding carboxylic acids is 1. The Morgan fingerprint density at radius 3 is 2.28 bits per heavy atom. The van der Waals surface area contributed by atoms with Gasteiger partial charge in [0, 0.05) is 30.1 Å². The molecule has 7 heteroatoms. The van der Waals surface area contributed by atoms with Crippen molar-refractivity contribution in [3.05, 3.63) is 71.0 Å². The number of nitrogens with zero attached hydrogens (tertiary/aromatic N) is 1. The van der Waals surface area contributed by atoms with Crippen molar-refractivity contribution in [2.45, 2.75) is 37.6 Å². The monoisotopic (exact) mass is 407 g/mol. The van der Waals surface area contributed by atoms with Gasteiger partial charge in [-0.3, -0.25) is 9.69 Å². The van der Waals surface area contributed by atoms with E-state index in [2.05, 4.69) is 17.0 Å². The second-order valence-electron chi connectivity index (χ2n) is 7.73. The summed E-state index contributed by atoms with van der Waals surface area (Å²) >= 11 is 0. The molecule has 3 nitrogen and oxygen atoms in total.